The molecule has 34 heavy (non-hydrogen) atoms. The van der Waals surface area contributed by atoms with E-state index in [0.717, 1.165) is 29.8 Å². The van der Waals surface area contributed by atoms with Crippen molar-refractivity contribution in [3.63, 3.8) is 0 Å². The van der Waals surface area contributed by atoms with Crippen molar-refractivity contribution in [2.75, 3.05) is 19.7 Å². The first kappa shape index (κ1) is 21.0. The summed E-state index contributed by atoms with van der Waals surface area (Å²) in [5.74, 6) is 0.141. The van der Waals surface area contributed by atoms with Crippen LogP contribution < -0.4 is 10.3 Å². The molecule has 0 spiro atoms. The summed E-state index contributed by atoms with van der Waals surface area (Å²) < 4.78 is 48.2. The summed E-state index contributed by atoms with van der Waals surface area (Å²) in [6.07, 6.45) is -0.379. The van der Waals surface area contributed by atoms with Gasteiger partial charge in [-0.05, 0) is 37.6 Å². The minimum atomic E-state index is -4.44. The van der Waals surface area contributed by atoms with Crippen LogP contribution in [-0.2, 0) is 18.1 Å². The number of halogens is 3. The Bertz CT molecular complexity index is 1390. The number of pyridine rings is 1. The second kappa shape index (κ2) is 6.97. The number of carbonyl (C=O) groups excluding carboxylic acids is 1. The van der Waals surface area contributed by atoms with Gasteiger partial charge in [-0.2, -0.15) is 13.2 Å². The number of aryl methyl sites for hydroxylation is 1. The number of hydrogen-bond donors (Lipinski definition) is 0. The molecule has 6 rings (SSSR count). The van der Waals surface area contributed by atoms with E-state index in [1.807, 2.05) is 6.92 Å². The van der Waals surface area contributed by atoms with Gasteiger partial charge < -0.3 is 18.8 Å². The van der Waals surface area contributed by atoms with Crippen molar-refractivity contribution in [3.05, 3.63) is 75.7 Å². The first-order valence-electron chi connectivity index (χ1n) is 11.1. The van der Waals surface area contributed by atoms with E-state index in [-0.39, 0.29) is 23.1 Å². The summed E-state index contributed by atoms with van der Waals surface area (Å²) in [4.78, 5) is 32.2. The number of ether oxygens (including phenoxy) is 1. The van der Waals surface area contributed by atoms with Crippen molar-refractivity contribution in [1.82, 2.24) is 19.0 Å². The number of imidazole rings is 1. The Morgan fingerprint density at radius 1 is 1.18 bits per heavy atom. The first-order valence-corrected chi connectivity index (χ1v) is 11.1. The highest BCUT2D eigenvalue weighted by Gasteiger charge is 2.60. The van der Waals surface area contributed by atoms with Crippen LogP contribution in [0.15, 0.2) is 47.7 Å². The Balaban J connectivity index is 1.29. The number of rotatable bonds is 3. The Morgan fingerprint density at radius 2 is 2.00 bits per heavy atom. The van der Waals surface area contributed by atoms with Crippen LogP contribution in [0.1, 0.15) is 33.7 Å². The highest BCUT2D eigenvalue weighted by Crippen LogP contribution is 2.60. The molecule has 2 atom stereocenters. The van der Waals surface area contributed by atoms with Crippen LogP contribution in [0.2, 0.25) is 0 Å². The Hall–Kier alpha value is -3.56. The molecule has 1 saturated carbocycles. The van der Waals surface area contributed by atoms with Crippen LogP contribution >= 0.6 is 0 Å². The SMILES string of the molecule is Cc1cn(-c2ccc3n(c2=O)CCN(CC24CC2COc2cc(C(F)(F)F)ccc24)C3=O)cn1. The third-order valence-corrected chi connectivity index (χ3v) is 7.23. The molecule has 0 bridgehead atoms. The number of fused-ring (bicyclic) bond motifs is 4. The average molecular weight is 470 g/mol. The topological polar surface area (TPSA) is 69.4 Å². The Labute approximate surface area is 192 Å². The highest BCUT2D eigenvalue weighted by molar-refractivity contribution is 5.93. The van der Waals surface area contributed by atoms with E-state index >= 15 is 0 Å². The number of carbonyl (C=O) groups is 1. The molecule has 2 aromatic heterocycles. The molecular weight excluding hydrogens is 449 g/mol. The first-order chi connectivity index (χ1) is 16.2. The van der Waals surface area contributed by atoms with Crippen LogP contribution in [0, 0.1) is 12.8 Å². The quantitative estimate of drug-likeness (QED) is 0.590. The third kappa shape index (κ3) is 3.08. The van der Waals surface area contributed by atoms with Crippen molar-refractivity contribution in [2.24, 2.45) is 5.92 Å². The van der Waals surface area contributed by atoms with Gasteiger partial charge in [-0.3, -0.25) is 9.59 Å². The van der Waals surface area contributed by atoms with E-state index in [9.17, 15) is 22.8 Å². The molecule has 1 aliphatic carbocycles. The van der Waals surface area contributed by atoms with Gasteiger partial charge in [0.1, 0.15) is 17.1 Å². The number of hydrogen-bond acceptors (Lipinski definition) is 4. The van der Waals surface area contributed by atoms with Gasteiger partial charge in [-0.15, -0.1) is 0 Å². The van der Waals surface area contributed by atoms with Crippen molar-refractivity contribution in [2.45, 2.75) is 31.5 Å². The number of amides is 1. The maximum Gasteiger partial charge on any atom is 0.416 e. The van der Waals surface area contributed by atoms with E-state index in [4.69, 9.17) is 4.74 Å². The van der Waals surface area contributed by atoms with Crippen molar-refractivity contribution >= 4 is 5.91 Å². The molecule has 0 radical (unpaired) electrons. The highest BCUT2D eigenvalue weighted by atomic mass is 19.4. The molecule has 3 aliphatic rings. The molecule has 1 aromatic carbocycles. The standard InChI is InChI=1S/C24H21F3N4O3/c1-14-10-30(13-28-14)18-4-5-19-21(32)29(6-7-31(19)22(18)33)12-23-9-16(23)11-34-20-8-15(24(25,26)27)2-3-17(20)23/h2-5,8,10,13,16H,6-7,9,11-12H2,1H3. The lowest BCUT2D eigenvalue weighted by Crippen LogP contribution is -2.48. The fourth-order valence-electron chi connectivity index (χ4n) is 5.33. The molecule has 10 heteroatoms. The molecule has 7 nitrogen and oxygen atoms in total. The summed E-state index contributed by atoms with van der Waals surface area (Å²) in [5.41, 5.74) is 0.813. The lowest BCUT2D eigenvalue weighted by molar-refractivity contribution is -0.137. The van der Waals surface area contributed by atoms with Gasteiger partial charge in [-0.25, -0.2) is 4.98 Å². The fraction of sp³-hybridized carbons (Fsp3) is 0.375. The fourth-order valence-corrected chi connectivity index (χ4v) is 5.33. The summed E-state index contributed by atoms with van der Waals surface area (Å²) in [6.45, 7) is 3.24. The van der Waals surface area contributed by atoms with Gasteiger partial charge in [0.2, 0.25) is 0 Å². The van der Waals surface area contributed by atoms with Crippen molar-refractivity contribution in [1.29, 1.82) is 0 Å². The molecule has 0 N–H and O–H groups in total. The van der Waals surface area contributed by atoms with E-state index < -0.39 is 17.2 Å². The van der Waals surface area contributed by atoms with Crippen LogP contribution in [0.4, 0.5) is 13.2 Å². The predicted octanol–water partition coefficient (Wildman–Crippen LogP) is 3.17. The van der Waals surface area contributed by atoms with E-state index in [1.54, 1.807) is 34.1 Å². The molecule has 2 unspecified atom stereocenters. The number of alkyl halides is 3. The smallest absolute Gasteiger partial charge is 0.416 e. The monoisotopic (exact) mass is 470 g/mol. The zero-order chi connectivity index (χ0) is 23.8. The minimum absolute atomic E-state index is 0.153. The minimum Gasteiger partial charge on any atom is -0.493 e. The summed E-state index contributed by atoms with van der Waals surface area (Å²) in [6, 6.07) is 6.89. The largest absolute Gasteiger partial charge is 0.493 e. The van der Waals surface area contributed by atoms with Crippen LogP contribution in [0.3, 0.4) is 0 Å². The predicted molar refractivity (Wildman–Crippen MR) is 115 cm³/mol. The molecular formula is C24H21F3N4O3. The second-order valence-electron chi connectivity index (χ2n) is 9.29. The van der Waals surface area contributed by atoms with Crippen LogP contribution in [0.5, 0.6) is 5.75 Å². The zero-order valence-corrected chi connectivity index (χ0v) is 18.3. The van der Waals surface area contributed by atoms with E-state index in [1.165, 1.54) is 10.6 Å². The second-order valence-corrected chi connectivity index (χ2v) is 9.29. The molecule has 176 valence electrons. The lowest BCUT2D eigenvalue weighted by atomic mass is 9.89. The Morgan fingerprint density at radius 3 is 2.74 bits per heavy atom. The summed E-state index contributed by atoms with van der Waals surface area (Å²) in [7, 11) is 0. The number of nitrogens with zero attached hydrogens (tertiary/aromatic N) is 4. The summed E-state index contributed by atoms with van der Waals surface area (Å²) >= 11 is 0. The number of aromatic nitrogens is 3. The molecule has 4 heterocycles. The molecule has 1 fully saturated rings. The van der Waals surface area contributed by atoms with Crippen LogP contribution in [0.25, 0.3) is 5.69 Å². The average Bonchev–Trinajstić information content (AvgIpc) is 3.37. The third-order valence-electron chi connectivity index (χ3n) is 7.23. The van der Waals surface area contributed by atoms with E-state index in [0.29, 0.717) is 37.6 Å². The van der Waals surface area contributed by atoms with Gasteiger partial charge in [0.05, 0.1) is 24.2 Å². The normalized spacial score (nSPS) is 23.1. The lowest BCUT2D eigenvalue weighted by Gasteiger charge is -2.35. The van der Waals surface area contributed by atoms with Crippen molar-refractivity contribution in [3.8, 4) is 11.4 Å². The van der Waals surface area contributed by atoms with Gasteiger partial charge >= 0.3 is 6.18 Å². The van der Waals surface area contributed by atoms with Gasteiger partial charge in [0.15, 0.2) is 0 Å². The van der Waals surface area contributed by atoms with Gasteiger partial charge in [0, 0.05) is 42.7 Å². The maximum atomic E-state index is 13.3. The van der Waals surface area contributed by atoms with E-state index in [2.05, 4.69) is 4.98 Å². The summed E-state index contributed by atoms with van der Waals surface area (Å²) in [5, 5.41) is 0. The molecule has 3 aromatic rings. The molecule has 2 aliphatic heterocycles. The molecule has 0 saturated heterocycles. The molecule has 1 amide bonds. The van der Waals surface area contributed by atoms with Gasteiger partial charge in [-0.1, -0.05) is 6.07 Å². The maximum absolute atomic E-state index is 13.3. The van der Waals surface area contributed by atoms with Gasteiger partial charge in [0.25, 0.3) is 11.5 Å². The van der Waals surface area contributed by atoms with Crippen LogP contribution in [-0.4, -0.2) is 44.6 Å². The zero-order valence-electron chi connectivity index (χ0n) is 18.3. The van der Waals surface area contributed by atoms with Crippen molar-refractivity contribution < 1.29 is 22.7 Å². The Kier molecular flexibility index (Phi) is 4.31. The number of benzene rings is 1.